The van der Waals surface area contributed by atoms with E-state index in [9.17, 15) is 5.11 Å². The number of likely N-dealkylation sites (tertiary alicyclic amines) is 1. The van der Waals surface area contributed by atoms with Crippen molar-refractivity contribution in [2.75, 3.05) is 45.8 Å². The summed E-state index contributed by atoms with van der Waals surface area (Å²) < 4.78 is 11.2. The maximum absolute atomic E-state index is 9.23. The van der Waals surface area contributed by atoms with Gasteiger partial charge in [-0.2, -0.15) is 0 Å². The predicted octanol–water partition coefficient (Wildman–Crippen LogP) is 3.78. The molecule has 1 aromatic heterocycles. The van der Waals surface area contributed by atoms with Crippen molar-refractivity contribution in [2.45, 2.75) is 57.4 Å². The Balaban J connectivity index is 1.73. The van der Waals surface area contributed by atoms with Crippen molar-refractivity contribution in [3.05, 3.63) is 23.4 Å². The number of ether oxygens (including phenoxy) is 2. The van der Waals surface area contributed by atoms with Gasteiger partial charge in [-0.3, -0.25) is 4.98 Å². The number of pyridine rings is 1. The number of anilines is 1. The number of aryl methyl sites for hydroxylation is 1. The van der Waals surface area contributed by atoms with Crippen LogP contribution in [0.1, 0.15) is 49.8 Å². The number of nitrogens with zero attached hydrogens (tertiary/aromatic N) is 2. The number of β-amino-alcohol motifs (C(OH)–C–C–N with tert-alkyl or cyclic N) is 1. The Morgan fingerprint density at radius 3 is 2.43 bits per heavy atom. The van der Waals surface area contributed by atoms with E-state index in [1.807, 2.05) is 6.07 Å². The van der Waals surface area contributed by atoms with Gasteiger partial charge in [0.15, 0.2) is 11.5 Å². The van der Waals surface area contributed by atoms with E-state index >= 15 is 0 Å². The van der Waals surface area contributed by atoms with E-state index in [-0.39, 0.29) is 6.61 Å². The number of nitrogens with one attached hydrogen (secondary N) is 1. The molecule has 0 spiro atoms. The van der Waals surface area contributed by atoms with E-state index in [1.165, 1.54) is 42.6 Å². The van der Waals surface area contributed by atoms with E-state index in [0.29, 0.717) is 6.04 Å². The van der Waals surface area contributed by atoms with Gasteiger partial charge in [0.25, 0.3) is 0 Å². The number of aliphatic hydroxyl groups excluding tert-OH is 1. The third-order valence-corrected chi connectivity index (χ3v) is 6.62. The molecular weight excluding hydrogens is 378 g/mol. The average molecular weight is 414 g/mol. The number of aliphatic hydroxyl groups is 1. The van der Waals surface area contributed by atoms with Gasteiger partial charge < -0.3 is 24.8 Å². The molecule has 1 aromatic carbocycles. The Hall–Kier alpha value is -2.05. The average Bonchev–Trinajstić information content (AvgIpc) is 2.75. The van der Waals surface area contributed by atoms with Crippen LogP contribution in [0.5, 0.6) is 11.5 Å². The summed E-state index contributed by atoms with van der Waals surface area (Å²) in [5, 5.41) is 14.3. The molecule has 2 aromatic rings. The van der Waals surface area contributed by atoms with Crippen molar-refractivity contribution in [3.8, 4) is 11.5 Å². The zero-order valence-electron chi connectivity index (χ0n) is 18.4. The summed E-state index contributed by atoms with van der Waals surface area (Å²) in [6.07, 6.45) is 9.31. The van der Waals surface area contributed by atoms with E-state index in [4.69, 9.17) is 14.5 Å². The predicted molar refractivity (Wildman–Crippen MR) is 121 cm³/mol. The first-order valence-electron chi connectivity index (χ1n) is 11.4. The van der Waals surface area contributed by atoms with Crippen LogP contribution < -0.4 is 14.8 Å². The fourth-order valence-electron chi connectivity index (χ4n) is 4.92. The first-order valence-corrected chi connectivity index (χ1v) is 11.4. The highest BCUT2D eigenvalue weighted by atomic mass is 16.5. The largest absolute Gasteiger partial charge is 0.493 e. The number of hydrogen-bond donors (Lipinski definition) is 2. The molecule has 1 aliphatic heterocycles. The van der Waals surface area contributed by atoms with Crippen LogP contribution in [-0.2, 0) is 12.8 Å². The molecule has 0 unspecified atom stereocenters. The lowest BCUT2D eigenvalue weighted by molar-refractivity contribution is 0.168. The topological polar surface area (TPSA) is 66.9 Å². The quantitative estimate of drug-likeness (QED) is 0.751. The standard InChI is InChI=1S/C24H35N3O3/c1-29-22-15-19-21(16-23(22)30-2)26-20-8-6-4-3-5-7-18(20)24(19)25-17-9-11-27(12-10-17)13-14-28/h15-17,28H,3-14H2,1-2H3,(H,25,26). The zero-order valence-corrected chi connectivity index (χ0v) is 18.4. The maximum Gasteiger partial charge on any atom is 0.162 e. The lowest BCUT2D eigenvalue weighted by atomic mass is 9.93. The first-order chi connectivity index (χ1) is 14.7. The molecule has 2 aliphatic rings. The van der Waals surface area contributed by atoms with Gasteiger partial charge in [-0.1, -0.05) is 12.8 Å². The Morgan fingerprint density at radius 1 is 1.03 bits per heavy atom. The molecule has 0 amide bonds. The third-order valence-electron chi connectivity index (χ3n) is 6.62. The fraction of sp³-hybridized carbons (Fsp3) is 0.625. The molecule has 30 heavy (non-hydrogen) atoms. The maximum atomic E-state index is 9.23. The highest BCUT2D eigenvalue weighted by molar-refractivity contribution is 5.96. The number of aromatic nitrogens is 1. The summed E-state index contributed by atoms with van der Waals surface area (Å²) in [6, 6.07) is 4.54. The second kappa shape index (κ2) is 9.84. The summed E-state index contributed by atoms with van der Waals surface area (Å²) in [7, 11) is 3.37. The number of benzene rings is 1. The molecule has 1 fully saturated rings. The summed E-state index contributed by atoms with van der Waals surface area (Å²) in [6.45, 7) is 3.07. The monoisotopic (exact) mass is 413 g/mol. The molecule has 2 N–H and O–H groups in total. The molecular formula is C24H35N3O3. The van der Waals surface area contributed by atoms with Crippen LogP contribution >= 0.6 is 0 Å². The van der Waals surface area contributed by atoms with Crippen molar-refractivity contribution < 1.29 is 14.6 Å². The molecule has 0 bridgehead atoms. The van der Waals surface area contributed by atoms with Gasteiger partial charge in [0.05, 0.1) is 26.3 Å². The Kier molecular flexibility index (Phi) is 6.95. The second-order valence-corrected chi connectivity index (χ2v) is 8.53. The van der Waals surface area contributed by atoms with Crippen LogP contribution in [0.15, 0.2) is 12.1 Å². The van der Waals surface area contributed by atoms with Crippen LogP contribution in [-0.4, -0.2) is 61.5 Å². The molecule has 1 aliphatic carbocycles. The fourth-order valence-corrected chi connectivity index (χ4v) is 4.92. The lowest BCUT2D eigenvalue weighted by Crippen LogP contribution is -2.40. The normalized spacial score (nSPS) is 18.5. The summed E-state index contributed by atoms with van der Waals surface area (Å²) >= 11 is 0. The molecule has 1 saturated heterocycles. The van der Waals surface area contributed by atoms with Crippen molar-refractivity contribution >= 4 is 16.6 Å². The second-order valence-electron chi connectivity index (χ2n) is 8.53. The molecule has 0 saturated carbocycles. The van der Waals surface area contributed by atoms with Crippen LogP contribution in [0.3, 0.4) is 0 Å². The number of hydrogen-bond acceptors (Lipinski definition) is 6. The minimum atomic E-state index is 0.238. The summed E-state index contributed by atoms with van der Waals surface area (Å²) in [5.74, 6) is 1.48. The lowest BCUT2D eigenvalue weighted by Gasteiger charge is -2.33. The molecule has 164 valence electrons. The van der Waals surface area contributed by atoms with Gasteiger partial charge in [-0.15, -0.1) is 0 Å². The van der Waals surface area contributed by atoms with Gasteiger partial charge >= 0.3 is 0 Å². The SMILES string of the molecule is COc1cc2nc3c(c(NC4CCN(CCO)CC4)c2cc1OC)CCCCCC3. The smallest absolute Gasteiger partial charge is 0.162 e. The van der Waals surface area contributed by atoms with Crippen LogP contribution in [0.2, 0.25) is 0 Å². The zero-order chi connectivity index (χ0) is 20.9. The van der Waals surface area contributed by atoms with Crippen LogP contribution in [0, 0.1) is 0 Å². The molecule has 6 heteroatoms. The van der Waals surface area contributed by atoms with E-state index in [2.05, 4.69) is 16.3 Å². The number of fused-ring (bicyclic) bond motifs is 2. The van der Waals surface area contributed by atoms with Gasteiger partial charge in [0.1, 0.15) is 0 Å². The highest BCUT2D eigenvalue weighted by Gasteiger charge is 2.23. The molecule has 6 nitrogen and oxygen atoms in total. The van der Waals surface area contributed by atoms with Crippen LogP contribution in [0.4, 0.5) is 5.69 Å². The van der Waals surface area contributed by atoms with Gasteiger partial charge in [-0.25, -0.2) is 0 Å². The van der Waals surface area contributed by atoms with E-state index in [0.717, 1.165) is 67.7 Å². The minimum absolute atomic E-state index is 0.238. The van der Waals surface area contributed by atoms with E-state index < -0.39 is 0 Å². The van der Waals surface area contributed by atoms with Gasteiger partial charge in [0, 0.05) is 48.5 Å². The Labute approximate surface area is 179 Å². The molecule has 4 rings (SSSR count). The first kappa shape index (κ1) is 21.2. The minimum Gasteiger partial charge on any atom is -0.493 e. The van der Waals surface area contributed by atoms with Crippen molar-refractivity contribution in [3.63, 3.8) is 0 Å². The number of rotatable bonds is 6. The number of piperidine rings is 1. The molecule has 2 heterocycles. The summed E-state index contributed by atoms with van der Waals surface area (Å²) in [5.41, 5.74) is 4.87. The van der Waals surface area contributed by atoms with E-state index in [1.54, 1.807) is 14.2 Å². The van der Waals surface area contributed by atoms with Gasteiger partial charge in [-0.05, 0) is 50.2 Å². The molecule has 0 atom stereocenters. The number of methoxy groups -OCH3 is 2. The van der Waals surface area contributed by atoms with Crippen molar-refractivity contribution in [2.24, 2.45) is 0 Å². The van der Waals surface area contributed by atoms with Crippen LogP contribution in [0.25, 0.3) is 10.9 Å². The van der Waals surface area contributed by atoms with Crippen molar-refractivity contribution in [1.29, 1.82) is 0 Å². The third kappa shape index (κ3) is 4.49. The molecule has 0 radical (unpaired) electrons. The van der Waals surface area contributed by atoms with Gasteiger partial charge in [0.2, 0.25) is 0 Å². The Bertz CT molecular complexity index is 863. The Morgan fingerprint density at radius 2 is 1.73 bits per heavy atom. The van der Waals surface area contributed by atoms with Crippen molar-refractivity contribution in [1.82, 2.24) is 9.88 Å². The highest BCUT2D eigenvalue weighted by Crippen LogP contribution is 2.39. The summed E-state index contributed by atoms with van der Waals surface area (Å²) in [4.78, 5) is 7.43.